The van der Waals surface area contributed by atoms with Crippen molar-refractivity contribution in [2.24, 2.45) is 7.05 Å². The molecule has 2 aromatic heterocycles. The summed E-state index contributed by atoms with van der Waals surface area (Å²) in [6, 6.07) is 6.60. The van der Waals surface area contributed by atoms with Crippen molar-refractivity contribution in [1.29, 1.82) is 0 Å². The number of amides is 2. The van der Waals surface area contributed by atoms with E-state index in [1.54, 1.807) is 29.2 Å². The lowest BCUT2D eigenvalue weighted by atomic mass is 10.1. The van der Waals surface area contributed by atoms with E-state index in [9.17, 15) is 19.5 Å². The molecule has 1 saturated heterocycles. The van der Waals surface area contributed by atoms with Crippen molar-refractivity contribution in [3.05, 3.63) is 69.2 Å². The quantitative estimate of drug-likeness (QED) is 0.630. The molecule has 1 aliphatic rings. The SMILES string of the molecule is Cn1c([C@H]2CCN(C(=O)c3ccc(Cl)cc3)C2)nc(C(=O)Nc2cnoc2)c(O)c1=O. The van der Waals surface area contributed by atoms with Gasteiger partial charge in [-0.3, -0.25) is 19.0 Å². The van der Waals surface area contributed by atoms with Crippen molar-refractivity contribution in [3.63, 3.8) is 0 Å². The van der Waals surface area contributed by atoms with E-state index in [-0.39, 0.29) is 17.5 Å². The Hall–Kier alpha value is -3.66. The maximum Gasteiger partial charge on any atom is 0.296 e. The Morgan fingerprint density at radius 2 is 2.03 bits per heavy atom. The average Bonchev–Trinajstić information content (AvgIpc) is 3.44. The normalized spacial score (nSPS) is 15.8. The Morgan fingerprint density at radius 1 is 1.29 bits per heavy atom. The minimum atomic E-state index is -0.772. The van der Waals surface area contributed by atoms with Crippen LogP contribution in [0.5, 0.6) is 5.75 Å². The number of likely N-dealkylation sites (tertiary alicyclic amines) is 1. The van der Waals surface area contributed by atoms with Crippen LogP contribution in [0.2, 0.25) is 5.02 Å². The zero-order valence-corrected chi connectivity index (χ0v) is 17.2. The number of anilines is 1. The van der Waals surface area contributed by atoms with Gasteiger partial charge in [0.1, 0.15) is 17.8 Å². The van der Waals surface area contributed by atoms with Gasteiger partial charge in [-0.2, -0.15) is 0 Å². The number of carbonyl (C=O) groups excluding carboxylic acids is 2. The molecule has 1 fully saturated rings. The van der Waals surface area contributed by atoms with Crippen molar-refractivity contribution in [2.45, 2.75) is 12.3 Å². The third-order valence-electron chi connectivity index (χ3n) is 5.14. The number of benzene rings is 1. The van der Waals surface area contributed by atoms with Gasteiger partial charge in [0.15, 0.2) is 5.69 Å². The summed E-state index contributed by atoms with van der Waals surface area (Å²) in [5.74, 6) is -1.66. The summed E-state index contributed by atoms with van der Waals surface area (Å²) in [6.07, 6.45) is 3.03. The molecule has 10 nitrogen and oxygen atoms in total. The summed E-state index contributed by atoms with van der Waals surface area (Å²) in [5, 5.41) is 16.7. The molecule has 1 aliphatic heterocycles. The van der Waals surface area contributed by atoms with Crippen molar-refractivity contribution in [1.82, 2.24) is 19.6 Å². The Morgan fingerprint density at radius 3 is 2.71 bits per heavy atom. The van der Waals surface area contributed by atoms with Gasteiger partial charge < -0.3 is 19.8 Å². The highest BCUT2D eigenvalue weighted by atomic mass is 35.5. The minimum absolute atomic E-state index is 0.159. The largest absolute Gasteiger partial charge is 0.501 e. The van der Waals surface area contributed by atoms with Gasteiger partial charge in [-0.25, -0.2) is 4.98 Å². The van der Waals surface area contributed by atoms with Gasteiger partial charge in [0.2, 0.25) is 5.75 Å². The molecular weight excluding hydrogens is 426 g/mol. The van der Waals surface area contributed by atoms with Crippen LogP contribution in [0.1, 0.15) is 39.0 Å². The summed E-state index contributed by atoms with van der Waals surface area (Å²) < 4.78 is 5.85. The van der Waals surface area contributed by atoms with Crippen molar-refractivity contribution < 1.29 is 19.2 Å². The first-order valence-corrected chi connectivity index (χ1v) is 9.78. The van der Waals surface area contributed by atoms with E-state index in [1.165, 1.54) is 24.1 Å². The number of hydrogen-bond donors (Lipinski definition) is 2. The van der Waals surface area contributed by atoms with Crippen LogP contribution in [-0.2, 0) is 7.05 Å². The number of nitrogens with zero attached hydrogens (tertiary/aromatic N) is 4. The molecule has 0 bridgehead atoms. The number of aromatic hydroxyl groups is 1. The molecule has 3 heterocycles. The zero-order chi connectivity index (χ0) is 22.1. The molecule has 0 aliphatic carbocycles. The first-order valence-electron chi connectivity index (χ1n) is 9.40. The number of nitrogens with one attached hydrogen (secondary N) is 1. The molecule has 31 heavy (non-hydrogen) atoms. The fraction of sp³-hybridized carbons (Fsp3) is 0.250. The molecule has 0 saturated carbocycles. The Labute approximate surface area is 181 Å². The predicted molar refractivity (Wildman–Crippen MR) is 110 cm³/mol. The van der Waals surface area contributed by atoms with Gasteiger partial charge in [-0.05, 0) is 30.7 Å². The number of halogens is 1. The van der Waals surface area contributed by atoms with Crippen LogP contribution >= 0.6 is 11.6 Å². The lowest BCUT2D eigenvalue weighted by Crippen LogP contribution is -2.31. The maximum atomic E-state index is 12.8. The highest BCUT2D eigenvalue weighted by Gasteiger charge is 2.32. The minimum Gasteiger partial charge on any atom is -0.501 e. The fourth-order valence-corrected chi connectivity index (χ4v) is 3.64. The van der Waals surface area contributed by atoms with Gasteiger partial charge in [0, 0.05) is 36.6 Å². The van der Waals surface area contributed by atoms with Crippen LogP contribution in [0.25, 0.3) is 0 Å². The van der Waals surface area contributed by atoms with Crippen LogP contribution in [0.3, 0.4) is 0 Å². The summed E-state index contributed by atoms with van der Waals surface area (Å²) >= 11 is 5.88. The first-order chi connectivity index (χ1) is 14.8. The highest BCUT2D eigenvalue weighted by Crippen LogP contribution is 2.28. The van der Waals surface area contributed by atoms with Crippen LogP contribution in [-0.4, -0.2) is 49.6 Å². The number of rotatable bonds is 4. The molecular formula is C20H18ClN5O5. The molecule has 2 amide bonds. The van der Waals surface area contributed by atoms with Crippen LogP contribution in [0.15, 0.2) is 46.0 Å². The van der Waals surface area contributed by atoms with Gasteiger partial charge in [0.05, 0.1) is 6.20 Å². The van der Waals surface area contributed by atoms with Gasteiger partial charge in [-0.1, -0.05) is 16.8 Å². The zero-order valence-electron chi connectivity index (χ0n) is 16.4. The van der Waals surface area contributed by atoms with E-state index in [1.807, 2.05) is 0 Å². The third-order valence-corrected chi connectivity index (χ3v) is 5.39. The van der Waals surface area contributed by atoms with Crippen LogP contribution in [0.4, 0.5) is 5.69 Å². The predicted octanol–water partition coefficient (Wildman–Crippen LogP) is 2.01. The first kappa shape index (κ1) is 20.6. The maximum absolute atomic E-state index is 12.8. The molecule has 0 spiro atoms. The Bertz CT molecular complexity index is 1190. The molecule has 1 aromatic carbocycles. The van der Waals surface area contributed by atoms with Crippen LogP contribution < -0.4 is 10.9 Å². The molecule has 160 valence electrons. The third kappa shape index (κ3) is 4.02. The Balaban J connectivity index is 1.58. The standard InChI is InChI=1S/C20H18ClN5O5/c1-25-17(12-6-7-26(9-12)19(29)11-2-4-13(21)5-3-11)24-15(16(27)20(25)30)18(28)23-14-8-22-31-10-14/h2-5,8,10,12,27H,6-7,9H2,1H3,(H,23,28)/t12-/m0/s1. The van der Waals surface area contributed by atoms with E-state index >= 15 is 0 Å². The van der Waals surface area contributed by atoms with E-state index in [4.69, 9.17) is 11.6 Å². The van der Waals surface area contributed by atoms with Gasteiger partial charge >= 0.3 is 0 Å². The second-order valence-electron chi connectivity index (χ2n) is 7.14. The summed E-state index contributed by atoms with van der Waals surface area (Å²) in [4.78, 5) is 43.7. The van der Waals surface area contributed by atoms with Crippen molar-refractivity contribution in [3.8, 4) is 5.75 Å². The molecule has 0 unspecified atom stereocenters. The summed E-state index contributed by atoms with van der Waals surface area (Å²) in [5.41, 5.74) is -0.384. The lowest BCUT2D eigenvalue weighted by Gasteiger charge is -2.18. The van der Waals surface area contributed by atoms with E-state index in [2.05, 4.69) is 20.0 Å². The van der Waals surface area contributed by atoms with Crippen molar-refractivity contribution >= 4 is 29.1 Å². The van der Waals surface area contributed by atoms with E-state index in [0.29, 0.717) is 35.9 Å². The smallest absolute Gasteiger partial charge is 0.296 e. The fourth-order valence-electron chi connectivity index (χ4n) is 3.52. The molecule has 3 aromatic rings. The molecule has 4 rings (SSSR count). The molecule has 11 heteroatoms. The molecule has 1 atom stereocenters. The second-order valence-corrected chi connectivity index (χ2v) is 7.58. The lowest BCUT2D eigenvalue weighted by molar-refractivity contribution is 0.0790. The van der Waals surface area contributed by atoms with Gasteiger partial charge in [-0.15, -0.1) is 0 Å². The summed E-state index contributed by atoms with van der Waals surface area (Å²) in [7, 11) is 1.47. The van der Waals surface area contributed by atoms with E-state index < -0.39 is 22.9 Å². The highest BCUT2D eigenvalue weighted by molar-refractivity contribution is 6.30. The molecule has 0 radical (unpaired) electrons. The number of aromatic nitrogens is 3. The average molecular weight is 444 g/mol. The Kier molecular flexibility index (Phi) is 5.47. The van der Waals surface area contributed by atoms with E-state index in [0.717, 1.165) is 0 Å². The summed E-state index contributed by atoms with van der Waals surface area (Å²) in [6.45, 7) is 0.782. The monoisotopic (exact) mass is 443 g/mol. The number of carbonyl (C=O) groups is 2. The second kappa shape index (κ2) is 8.23. The number of hydrogen-bond acceptors (Lipinski definition) is 7. The van der Waals surface area contributed by atoms with Crippen LogP contribution in [0, 0.1) is 0 Å². The molecule has 2 N–H and O–H groups in total. The van der Waals surface area contributed by atoms with Crippen molar-refractivity contribution in [2.75, 3.05) is 18.4 Å². The topological polar surface area (TPSA) is 131 Å². The van der Waals surface area contributed by atoms with Gasteiger partial charge in [0.25, 0.3) is 17.4 Å².